The number of hydrogen-bond donors (Lipinski definition) is 1. The first-order chi connectivity index (χ1) is 7.09. The molecule has 4 heteroatoms. The number of aryl methyl sites for hydroxylation is 1. The van der Waals surface area contributed by atoms with Crippen molar-refractivity contribution in [3.8, 4) is 0 Å². The molecule has 1 N–H and O–H groups in total. The fraction of sp³-hybridized carbons (Fsp3) is 0.636. The molecule has 1 rings (SSSR count). The lowest BCUT2D eigenvalue weighted by atomic mass is 9.90. The zero-order chi connectivity index (χ0) is 11.5. The van der Waals surface area contributed by atoms with Crippen molar-refractivity contribution in [2.75, 3.05) is 0 Å². The number of Topliss-reactive ketones (excluding diaryl/α,β-unsaturated/α-hetero) is 1. The molecule has 0 spiro atoms. The number of aromatic nitrogens is 2. The molecule has 0 saturated heterocycles. The normalized spacial score (nSPS) is 11.7. The van der Waals surface area contributed by atoms with Crippen LogP contribution in [0.15, 0.2) is 12.3 Å². The molecule has 0 bridgehead atoms. The van der Waals surface area contributed by atoms with Crippen LogP contribution in [0.2, 0.25) is 0 Å². The summed E-state index contributed by atoms with van der Waals surface area (Å²) in [5, 5.41) is 14.1. The Bertz CT molecular complexity index is 340. The van der Waals surface area contributed by atoms with E-state index in [2.05, 4.69) is 5.10 Å². The van der Waals surface area contributed by atoms with E-state index in [1.54, 1.807) is 16.9 Å². The van der Waals surface area contributed by atoms with Crippen molar-refractivity contribution >= 4 is 5.78 Å². The number of hydrogen-bond acceptors (Lipinski definition) is 3. The number of aliphatic hydroxyl groups is 1. The standard InChI is InChI=1S/C11H18N2O2/c1-4-11(15,5-2)10(14)9-7-8-12-13(9)6-3/h7-8,15H,4-6H2,1-3H3. The first-order valence-corrected chi connectivity index (χ1v) is 5.38. The number of carbonyl (C=O) groups excluding carboxylic acids is 1. The summed E-state index contributed by atoms with van der Waals surface area (Å²) in [5.41, 5.74) is -0.754. The van der Waals surface area contributed by atoms with Gasteiger partial charge in [0.2, 0.25) is 5.78 Å². The largest absolute Gasteiger partial charge is 0.382 e. The van der Waals surface area contributed by atoms with Gasteiger partial charge in [0.05, 0.1) is 0 Å². The monoisotopic (exact) mass is 210 g/mol. The van der Waals surface area contributed by atoms with Crippen molar-refractivity contribution < 1.29 is 9.90 Å². The van der Waals surface area contributed by atoms with Gasteiger partial charge < -0.3 is 5.11 Å². The average Bonchev–Trinajstić information content (AvgIpc) is 2.74. The summed E-state index contributed by atoms with van der Waals surface area (Å²) in [6, 6.07) is 1.65. The van der Waals surface area contributed by atoms with Crippen LogP contribution in [-0.4, -0.2) is 26.3 Å². The second kappa shape index (κ2) is 4.57. The SMILES string of the molecule is CCn1nccc1C(=O)C(O)(CC)CC. The summed E-state index contributed by atoms with van der Waals surface area (Å²) >= 11 is 0. The molecule has 0 atom stereocenters. The van der Waals surface area contributed by atoms with Crippen molar-refractivity contribution in [2.45, 2.75) is 45.8 Å². The van der Waals surface area contributed by atoms with Gasteiger partial charge in [-0.2, -0.15) is 5.10 Å². The summed E-state index contributed by atoms with van der Waals surface area (Å²) < 4.78 is 1.61. The molecule has 0 amide bonds. The van der Waals surface area contributed by atoms with E-state index in [-0.39, 0.29) is 5.78 Å². The maximum absolute atomic E-state index is 12.1. The van der Waals surface area contributed by atoms with Gasteiger partial charge in [-0.3, -0.25) is 9.48 Å². The van der Waals surface area contributed by atoms with E-state index < -0.39 is 5.60 Å². The number of rotatable bonds is 5. The highest BCUT2D eigenvalue weighted by atomic mass is 16.3. The van der Waals surface area contributed by atoms with Gasteiger partial charge in [0.1, 0.15) is 11.3 Å². The Morgan fingerprint density at radius 3 is 2.53 bits per heavy atom. The Balaban J connectivity index is 3.03. The molecule has 84 valence electrons. The number of carbonyl (C=O) groups is 1. The van der Waals surface area contributed by atoms with Crippen LogP contribution in [0.25, 0.3) is 0 Å². The lowest BCUT2D eigenvalue weighted by molar-refractivity contribution is 0.0267. The van der Waals surface area contributed by atoms with Crippen LogP contribution in [0.3, 0.4) is 0 Å². The molecule has 0 radical (unpaired) electrons. The summed E-state index contributed by atoms with van der Waals surface area (Å²) in [4.78, 5) is 12.1. The minimum Gasteiger partial charge on any atom is -0.382 e. The maximum Gasteiger partial charge on any atom is 0.212 e. The van der Waals surface area contributed by atoms with Crippen LogP contribution in [0.1, 0.15) is 44.1 Å². The van der Waals surface area contributed by atoms with E-state index in [9.17, 15) is 9.90 Å². The van der Waals surface area contributed by atoms with Crippen molar-refractivity contribution in [3.05, 3.63) is 18.0 Å². The third kappa shape index (κ3) is 2.09. The van der Waals surface area contributed by atoms with Crippen LogP contribution in [0.5, 0.6) is 0 Å². The predicted molar refractivity (Wildman–Crippen MR) is 57.8 cm³/mol. The van der Waals surface area contributed by atoms with E-state index in [0.29, 0.717) is 25.1 Å². The lowest BCUT2D eigenvalue weighted by Crippen LogP contribution is -2.38. The van der Waals surface area contributed by atoms with Gasteiger partial charge in [-0.15, -0.1) is 0 Å². The van der Waals surface area contributed by atoms with E-state index >= 15 is 0 Å². The van der Waals surface area contributed by atoms with Crippen LogP contribution in [0.4, 0.5) is 0 Å². The Labute approximate surface area is 89.9 Å². The molecule has 0 aliphatic carbocycles. The number of ketones is 1. The highest BCUT2D eigenvalue weighted by molar-refractivity contribution is 6.00. The van der Waals surface area contributed by atoms with E-state index in [0.717, 1.165) is 0 Å². The summed E-state index contributed by atoms with van der Waals surface area (Å²) in [7, 11) is 0. The van der Waals surface area contributed by atoms with Crippen molar-refractivity contribution in [2.24, 2.45) is 0 Å². The summed E-state index contributed by atoms with van der Waals surface area (Å²) in [6.07, 6.45) is 2.44. The van der Waals surface area contributed by atoms with Gasteiger partial charge in [-0.1, -0.05) is 13.8 Å². The molecule has 15 heavy (non-hydrogen) atoms. The van der Waals surface area contributed by atoms with Crippen molar-refractivity contribution in [3.63, 3.8) is 0 Å². The first kappa shape index (κ1) is 11.9. The second-order valence-electron chi connectivity index (χ2n) is 3.60. The van der Waals surface area contributed by atoms with Gasteiger partial charge in [0, 0.05) is 12.7 Å². The van der Waals surface area contributed by atoms with Gasteiger partial charge in [-0.05, 0) is 25.8 Å². The molecule has 0 unspecified atom stereocenters. The second-order valence-corrected chi connectivity index (χ2v) is 3.60. The molecule has 1 heterocycles. The van der Waals surface area contributed by atoms with Gasteiger partial charge in [0.25, 0.3) is 0 Å². The fourth-order valence-corrected chi connectivity index (χ4v) is 1.59. The molecule has 1 aromatic heterocycles. The van der Waals surface area contributed by atoms with Crippen LogP contribution in [-0.2, 0) is 6.54 Å². The van der Waals surface area contributed by atoms with Crippen LogP contribution in [0, 0.1) is 0 Å². The predicted octanol–water partition coefficient (Wildman–Crippen LogP) is 1.64. The van der Waals surface area contributed by atoms with Gasteiger partial charge >= 0.3 is 0 Å². The molecule has 4 nitrogen and oxygen atoms in total. The summed E-state index contributed by atoms with van der Waals surface area (Å²) in [6.45, 7) is 6.18. The average molecular weight is 210 g/mol. The lowest BCUT2D eigenvalue weighted by Gasteiger charge is -2.23. The Hall–Kier alpha value is -1.16. The third-order valence-electron chi connectivity index (χ3n) is 2.84. The van der Waals surface area contributed by atoms with Crippen molar-refractivity contribution in [1.82, 2.24) is 9.78 Å². The van der Waals surface area contributed by atoms with E-state index in [4.69, 9.17) is 0 Å². The Morgan fingerprint density at radius 2 is 2.07 bits per heavy atom. The molecule has 1 aromatic rings. The smallest absolute Gasteiger partial charge is 0.212 e. The zero-order valence-corrected chi connectivity index (χ0v) is 9.53. The van der Waals surface area contributed by atoms with Crippen molar-refractivity contribution in [1.29, 1.82) is 0 Å². The van der Waals surface area contributed by atoms with E-state index in [1.165, 1.54) is 0 Å². The number of nitrogens with zero attached hydrogens (tertiary/aromatic N) is 2. The molecular formula is C11H18N2O2. The topological polar surface area (TPSA) is 55.1 Å². The molecule has 0 fully saturated rings. The quantitative estimate of drug-likeness (QED) is 0.751. The molecule has 0 aromatic carbocycles. The molecule has 0 aliphatic rings. The molecule has 0 saturated carbocycles. The van der Waals surface area contributed by atoms with Gasteiger partial charge in [-0.25, -0.2) is 0 Å². The maximum atomic E-state index is 12.1. The minimum absolute atomic E-state index is 0.230. The zero-order valence-electron chi connectivity index (χ0n) is 9.53. The van der Waals surface area contributed by atoms with Gasteiger partial charge in [0.15, 0.2) is 0 Å². The minimum atomic E-state index is -1.24. The van der Waals surface area contributed by atoms with E-state index in [1.807, 2.05) is 20.8 Å². The fourth-order valence-electron chi connectivity index (χ4n) is 1.59. The Morgan fingerprint density at radius 1 is 1.47 bits per heavy atom. The highest BCUT2D eigenvalue weighted by Crippen LogP contribution is 2.20. The summed E-state index contributed by atoms with van der Waals surface area (Å²) in [5.74, 6) is -0.230. The molecule has 0 aliphatic heterocycles. The highest BCUT2D eigenvalue weighted by Gasteiger charge is 2.34. The molecular weight excluding hydrogens is 192 g/mol. The Kier molecular flexibility index (Phi) is 3.63. The van der Waals surface area contributed by atoms with Crippen LogP contribution < -0.4 is 0 Å². The third-order valence-corrected chi connectivity index (χ3v) is 2.84. The van der Waals surface area contributed by atoms with Crippen LogP contribution >= 0.6 is 0 Å². The first-order valence-electron chi connectivity index (χ1n) is 5.38.